The molecule has 0 aliphatic carbocycles. The van der Waals surface area contributed by atoms with Crippen LogP contribution in [-0.4, -0.2) is 22.8 Å². The van der Waals surface area contributed by atoms with E-state index in [9.17, 15) is 4.39 Å². The lowest BCUT2D eigenvalue weighted by molar-refractivity contribution is 0.615. The van der Waals surface area contributed by atoms with Crippen LogP contribution >= 0.6 is 0 Å². The molecule has 1 aromatic heterocycles. The lowest BCUT2D eigenvalue weighted by atomic mass is 10.1. The number of rotatable bonds is 6. The molecule has 0 saturated heterocycles. The predicted molar refractivity (Wildman–Crippen MR) is 106 cm³/mol. The van der Waals surface area contributed by atoms with Crippen LogP contribution in [0.1, 0.15) is 22.3 Å². The van der Waals surface area contributed by atoms with E-state index < -0.39 is 0 Å². The molecule has 27 heavy (non-hydrogen) atoms. The van der Waals surface area contributed by atoms with E-state index in [4.69, 9.17) is 0 Å². The fourth-order valence-corrected chi connectivity index (χ4v) is 2.69. The Balaban J connectivity index is 1.50. The second kappa shape index (κ2) is 8.98. The van der Waals surface area contributed by atoms with Gasteiger partial charge >= 0.3 is 0 Å². The summed E-state index contributed by atoms with van der Waals surface area (Å²) in [4.78, 5) is 4.21. The molecule has 0 aliphatic rings. The second-order valence-electron chi connectivity index (χ2n) is 6.39. The molecule has 2 N–H and O–H groups in total. The molecule has 0 radical (unpaired) electrons. The molecule has 1 heterocycles. The molecular weight excluding hydrogens is 341 g/mol. The molecule has 2 aromatic carbocycles. The van der Waals surface area contributed by atoms with Crippen LogP contribution in [0.25, 0.3) is 0 Å². The van der Waals surface area contributed by atoms with Gasteiger partial charge in [-0.15, -0.1) is 0 Å². The SMILES string of the molecule is CN=C(NCc1ccc(C)c(F)c1)NCc1cnn(Cc2ccccc2)c1. The summed E-state index contributed by atoms with van der Waals surface area (Å²) in [6.07, 6.45) is 3.86. The van der Waals surface area contributed by atoms with E-state index in [0.29, 0.717) is 24.6 Å². The number of halogens is 1. The first kappa shape index (κ1) is 18.6. The number of hydrogen-bond donors (Lipinski definition) is 2. The largest absolute Gasteiger partial charge is 0.352 e. The molecule has 0 fully saturated rings. The molecule has 5 nitrogen and oxygen atoms in total. The smallest absolute Gasteiger partial charge is 0.191 e. The second-order valence-corrected chi connectivity index (χ2v) is 6.39. The molecule has 0 saturated carbocycles. The summed E-state index contributed by atoms with van der Waals surface area (Å²) in [5.41, 5.74) is 3.80. The third kappa shape index (κ3) is 5.41. The molecule has 3 aromatic rings. The maximum absolute atomic E-state index is 13.6. The first-order valence-electron chi connectivity index (χ1n) is 8.89. The monoisotopic (exact) mass is 365 g/mol. The standard InChI is InChI=1S/C21H24FN5/c1-16-8-9-18(10-20(16)22)11-24-21(23-2)25-12-19-13-26-27(15-19)14-17-6-4-3-5-7-17/h3-10,13,15H,11-12,14H2,1-2H3,(H2,23,24,25). The molecule has 0 spiro atoms. The molecular formula is C21H24FN5. The van der Waals surface area contributed by atoms with Crippen LogP contribution in [0, 0.1) is 12.7 Å². The minimum atomic E-state index is -0.192. The highest BCUT2D eigenvalue weighted by atomic mass is 19.1. The number of benzene rings is 2. The molecule has 0 bridgehead atoms. The van der Waals surface area contributed by atoms with Crippen molar-refractivity contribution >= 4 is 5.96 Å². The van der Waals surface area contributed by atoms with Crippen molar-refractivity contribution in [2.24, 2.45) is 4.99 Å². The van der Waals surface area contributed by atoms with E-state index in [1.807, 2.05) is 41.3 Å². The van der Waals surface area contributed by atoms with Crippen molar-refractivity contribution in [1.82, 2.24) is 20.4 Å². The maximum atomic E-state index is 13.6. The Kier molecular flexibility index (Phi) is 6.20. The van der Waals surface area contributed by atoms with Gasteiger partial charge in [-0.3, -0.25) is 9.67 Å². The average Bonchev–Trinajstić information content (AvgIpc) is 3.13. The van der Waals surface area contributed by atoms with Crippen molar-refractivity contribution < 1.29 is 4.39 Å². The summed E-state index contributed by atoms with van der Waals surface area (Å²) < 4.78 is 15.5. The van der Waals surface area contributed by atoms with E-state index in [2.05, 4.69) is 32.9 Å². The van der Waals surface area contributed by atoms with Gasteiger partial charge in [0, 0.05) is 31.9 Å². The van der Waals surface area contributed by atoms with E-state index >= 15 is 0 Å². The van der Waals surface area contributed by atoms with Gasteiger partial charge in [0.25, 0.3) is 0 Å². The van der Waals surface area contributed by atoms with Crippen LogP contribution in [0.2, 0.25) is 0 Å². The third-order valence-corrected chi connectivity index (χ3v) is 4.25. The molecule has 6 heteroatoms. The lowest BCUT2D eigenvalue weighted by Crippen LogP contribution is -2.36. The number of aryl methyl sites for hydroxylation is 1. The van der Waals surface area contributed by atoms with Crippen molar-refractivity contribution in [3.63, 3.8) is 0 Å². The zero-order valence-corrected chi connectivity index (χ0v) is 15.6. The predicted octanol–water partition coefficient (Wildman–Crippen LogP) is 3.24. The van der Waals surface area contributed by atoms with Crippen molar-refractivity contribution in [3.05, 3.63) is 89.0 Å². The normalized spacial score (nSPS) is 11.4. The van der Waals surface area contributed by atoms with Crippen molar-refractivity contribution in [1.29, 1.82) is 0 Å². The van der Waals surface area contributed by atoms with Crippen molar-refractivity contribution in [3.8, 4) is 0 Å². The molecule has 0 amide bonds. The van der Waals surface area contributed by atoms with Gasteiger partial charge in [0.2, 0.25) is 0 Å². The highest BCUT2D eigenvalue weighted by Gasteiger charge is 2.04. The van der Waals surface area contributed by atoms with E-state index in [1.165, 1.54) is 5.56 Å². The van der Waals surface area contributed by atoms with Gasteiger partial charge in [0.05, 0.1) is 12.7 Å². The number of guanidine groups is 1. The fraction of sp³-hybridized carbons (Fsp3) is 0.238. The summed E-state index contributed by atoms with van der Waals surface area (Å²) in [6, 6.07) is 15.5. The summed E-state index contributed by atoms with van der Waals surface area (Å²) in [6.45, 7) is 3.61. The van der Waals surface area contributed by atoms with Crippen LogP contribution in [0.5, 0.6) is 0 Å². The highest BCUT2D eigenvalue weighted by Crippen LogP contribution is 2.09. The molecule has 0 unspecified atom stereocenters. The molecule has 0 aliphatic heterocycles. The number of aliphatic imine (C=N–C) groups is 1. The van der Waals surface area contributed by atoms with Crippen LogP contribution in [0.4, 0.5) is 4.39 Å². The number of nitrogens with zero attached hydrogens (tertiary/aromatic N) is 3. The van der Waals surface area contributed by atoms with Crippen LogP contribution in [0.3, 0.4) is 0 Å². The summed E-state index contributed by atoms with van der Waals surface area (Å²) in [5.74, 6) is 0.467. The molecule has 0 atom stereocenters. The van der Waals surface area contributed by atoms with Crippen LogP contribution < -0.4 is 10.6 Å². The van der Waals surface area contributed by atoms with Gasteiger partial charge in [-0.05, 0) is 29.7 Å². The van der Waals surface area contributed by atoms with E-state index in [0.717, 1.165) is 17.7 Å². The topological polar surface area (TPSA) is 54.2 Å². The van der Waals surface area contributed by atoms with Gasteiger partial charge in [-0.2, -0.15) is 5.10 Å². The van der Waals surface area contributed by atoms with E-state index in [1.54, 1.807) is 26.1 Å². The Hall–Kier alpha value is -3.15. The molecule has 140 valence electrons. The Morgan fingerprint density at radius 1 is 1.04 bits per heavy atom. The number of aromatic nitrogens is 2. The maximum Gasteiger partial charge on any atom is 0.191 e. The minimum Gasteiger partial charge on any atom is -0.352 e. The van der Waals surface area contributed by atoms with Gasteiger partial charge in [0.15, 0.2) is 5.96 Å². The summed E-state index contributed by atoms with van der Waals surface area (Å²) in [5, 5.41) is 10.8. The van der Waals surface area contributed by atoms with Gasteiger partial charge < -0.3 is 10.6 Å². The minimum absolute atomic E-state index is 0.192. The fourth-order valence-electron chi connectivity index (χ4n) is 2.69. The van der Waals surface area contributed by atoms with E-state index in [-0.39, 0.29) is 5.82 Å². The first-order chi connectivity index (χ1) is 13.1. The van der Waals surface area contributed by atoms with Crippen LogP contribution in [0.15, 0.2) is 65.9 Å². The van der Waals surface area contributed by atoms with Gasteiger partial charge in [-0.25, -0.2) is 4.39 Å². The first-order valence-corrected chi connectivity index (χ1v) is 8.89. The van der Waals surface area contributed by atoms with Crippen LogP contribution in [-0.2, 0) is 19.6 Å². The Labute approximate surface area is 159 Å². The molecule has 3 rings (SSSR count). The van der Waals surface area contributed by atoms with Gasteiger partial charge in [-0.1, -0.05) is 42.5 Å². The van der Waals surface area contributed by atoms with Crippen molar-refractivity contribution in [2.75, 3.05) is 7.05 Å². The summed E-state index contributed by atoms with van der Waals surface area (Å²) >= 11 is 0. The quantitative estimate of drug-likeness (QED) is 0.521. The summed E-state index contributed by atoms with van der Waals surface area (Å²) in [7, 11) is 1.71. The van der Waals surface area contributed by atoms with Gasteiger partial charge in [0.1, 0.15) is 5.82 Å². The zero-order chi connectivity index (χ0) is 19.1. The highest BCUT2D eigenvalue weighted by molar-refractivity contribution is 5.79. The third-order valence-electron chi connectivity index (χ3n) is 4.25. The lowest BCUT2D eigenvalue weighted by Gasteiger charge is -2.11. The Morgan fingerprint density at radius 2 is 1.78 bits per heavy atom. The number of nitrogens with one attached hydrogen (secondary N) is 2. The van der Waals surface area contributed by atoms with Crippen molar-refractivity contribution in [2.45, 2.75) is 26.6 Å². The Bertz CT molecular complexity index is 902. The zero-order valence-electron chi connectivity index (χ0n) is 15.6. The number of hydrogen-bond acceptors (Lipinski definition) is 2. The Morgan fingerprint density at radius 3 is 2.48 bits per heavy atom. The average molecular weight is 365 g/mol.